The van der Waals surface area contributed by atoms with Crippen LogP contribution in [0.2, 0.25) is 5.02 Å². The van der Waals surface area contributed by atoms with E-state index >= 15 is 0 Å². The highest BCUT2D eigenvalue weighted by atomic mass is 79.9. The molecule has 0 heterocycles. The van der Waals surface area contributed by atoms with Gasteiger partial charge in [0.05, 0.1) is 6.04 Å². The molecule has 0 fully saturated rings. The molecule has 0 aliphatic carbocycles. The van der Waals surface area contributed by atoms with Crippen LogP contribution in [0.4, 0.5) is 0 Å². The molecule has 2 aromatic carbocycles. The van der Waals surface area contributed by atoms with Gasteiger partial charge in [0.15, 0.2) is 0 Å². The van der Waals surface area contributed by atoms with Gasteiger partial charge in [-0.2, -0.15) is 0 Å². The van der Waals surface area contributed by atoms with E-state index in [2.05, 4.69) is 58.5 Å². The van der Waals surface area contributed by atoms with E-state index in [0.29, 0.717) is 0 Å². The smallest absolute Gasteiger partial charge is 0.0577 e. The van der Waals surface area contributed by atoms with Crippen LogP contribution >= 0.6 is 27.5 Å². The topological polar surface area (TPSA) is 12.0 Å². The largest absolute Gasteiger partial charge is 0.309 e. The molecule has 0 aliphatic heterocycles. The van der Waals surface area contributed by atoms with Gasteiger partial charge in [-0.25, -0.2) is 0 Å². The van der Waals surface area contributed by atoms with Gasteiger partial charge in [-0.15, -0.1) is 0 Å². The SMILES string of the molecule is CNC(c1cc(Cl)cc(Br)c1)c1ccccc1C. The van der Waals surface area contributed by atoms with Crippen molar-refractivity contribution in [1.29, 1.82) is 0 Å². The van der Waals surface area contributed by atoms with E-state index in [-0.39, 0.29) is 6.04 Å². The average molecular weight is 325 g/mol. The Kier molecular flexibility index (Phi) is 4.44. The molecule has 3 heteroatoms. The Morgan fingerprint density at radius 2 is 1.89 bits per heavy atom. The molecule has 18 heavy (non-hydrogen) atoms. The molecule has 0 bridgehead atoms. The van der Waals surface area contributed by atoms with Gasteiger partial charge in [0.2, 0.25) is 0 Å². The number of rotatable bonds is 3. The number of hydrogen-bond donors (Lipinski definition) is 1. The Morgan fingerprint density at radius 3 is 2.50 bits per heavy atom. The summed E-state index contributed by atoms with van der Waals surface area (Å²) in [5, 5.41) is 4.09. The fraction of sp³-hybridized carbons (Fsp3) is 0.200. The van der Waals surface area contributed by atoms with Crippen LogP contribution in [0.1, 0.15) is 22.7 Å². The number of nitrogens with one attached hydrogen (secondary N) is 1. The summed E-state index contributed by atoms with van der Waals surface area (Å²) < 4.78 is 0.999. The minimum atomic E-state index is 0.154. The lowest BCUT2D eigenvalue weighted by molar-refractivity contribution is 0.687. The fourth-order valence-electron chi connectivity index (χ4n) is 2.15. The Labute approximate surface area is 121 Å². The minimum Gasteiger partial charge on any atom is -0.309 e. The second-order valence-electron chi connectivity index (χ2n) is 4.28. The minimum absolute atomic E-state index is 0.154. The van der Waals surface area contributed by atoms with E-state index in [4.69, 9.17) is 11.6 Å². The van der Waals surface area contributed by atoms with E-state index < -0.39 is 0 Å². The number of halogens is 2. The molecule has 0 saturated heterocycles. The summed E-state index contributed by atoms with van der Waals surface area (Å²) in [4.78, 5) is 0. The summed E-state index contributed by atoms with van der Waals surface area (Å²) in [6.07, 6.45) is 0. The van der Waals surface area contributed by atoms with Crippen molar-refractivity contribution in [3.05, 3.63) is 68.7 Å². The number of benzene rings is 2. The highest BCUT2D eigenvalue weighted by Gasteiger charge is 2.14. The van der Waals surface area contributed by atoms with Gasteiger partial charge < -0.3 is 5.32 Å². The first-order chi connectivity index (χ1) is 8.61. The maximum absolute atomic E-state index is 6.12. The second kappa shape index (κ2) is 5.87. The van der Waals surface area contributed by atoms with Gasteiger partial charge in [-0.05, 0) is 48.9 Å². The molecule has 94 valence electrons. The third-order valence-electron chi connectivity index (χ3n) is 3.01. The molecule has 0 amide bonds. The molecule has 1 N–H and O–H groups in total. The van der Waals surface area contributed by atoms with Crippen LogP contribution in [0.15, 0.2) is 46.9 Å². The van der Waals surface area contributed by atoms with Crippen LogP contribution in [0, 0.1) is 6.92 Å². The van der Waals surface area contributed by atoms with E-state index in [1.165, 1.54) is 11.1 Å². The summed E-state index contributed by atoms with van der Waals surface area (Å²) in [7, 11) is 1.96. The van der Waals surface area contributed by atoms with Crippen molar-refractivity contribution < 1.29 is 0 Å². The molecule has 0 aromatic heterocycles. The normalized spacial score (nSPS) is 12.4. The van der Waals surface area contributed by atoms with E-state index in [1.807, 2.05) is 19.2 Å². The number of aryl methyl sites for hydroxylation is 1. The van der Waals surface area contributed by atoms with E-state index in [1.54, 1.807) is 0 Å². The maximum atomic E-state index is 6.12. The van der Waals surface area contributed by atoms with E-state index in [0.717, 1.165) is 15.1 Å². The Morgan fingerprint density at radius 1 is 1.17 bits per heavy atom. The zero-order chi connectivity index (χ0) is 13.1. The van der Waals surface area contributed by atoms with Gasteiger partial charge in [-0.1, -0.05) is 51.8 Å². The van der Waals surface area contributed by atoms with Crippen LogP contribution in [0.5, 0.6) is 0 Å². The van der Waals surface area contributed by atoms with Gasteiger partial charge in [0, 0.05) is 9.50 Å². The van der Waals surface area contributed by atoms with Crippen LogP contribution in [-0.2, 0) is 0 Å². The maximum Gasteiger partial charge on any atom is 0.0577 e. The molecule has 0 saturated carbocycles. The summed E-state index contributed by atoms with van der Waals surface area (Å²) in [5.41, 5.74) is 3.70. The van der Waals surface area contributed by atoms with Gasteiger partial charge >= 0.3 is 0 Å². The highest BCUT2D eigenvalue weighted by Crippen LogP contribution is 2.29. The monoisotopic (exact) mass is 323 g/mol. The lowest BCUT2D eigenvalue weighted by Gasteiger charge is -2.20. The molecule has 1 nitrogen and oxygen atoms in total. The molecule has 1 unspecified atom stereocenters. The second-order valence-corrected chi connectivity index (χ2v) is 5.63. The lowest BCUT2D eigenvalue weighted by atomic mass is 9.95. The van der Waals surface area contributed by atoms with Crippen LogP contribution in [-0.4, -0.2) is 7.05 Å². The third-order valence-corrected chi connectivity index (χ3v) is 3.68. The predicted molar refractivity (Wildman–Crippen MR) is 81.2 cm³/mol. The summed E-state index contributed by atoms with van der Waals surface area (Å²) in [6, 6.07) is 14.5. The molecular formula is C15H15BrClN. The van der Waals surface area contributed by atoms with Gasteiger partial charge in [-0.3, -0.25) is 0 Å². The molecular weight excluding hydrogens is 310 g/mol. The van der Waals surface area contributed by atoms with Crippen molar-refractivity contribution in [2.24, 2.45) is 0 Å². The summed E-state index contributed by atoms with van der Waals surface area (Å²) in [6.45, 7) is 2.12. The van der Waals surface area contributed by atoms with Crippen LogP contribution < -0.4 is 5.32 Å². The molecule has 2 rings (SSSR count). The predicted octanol–water partition coefficient (Wildman–Crippen LogP) is 4.72. The van der Waals surface area contributed by atoms with Crippen molar-refractivity contribution in [3.63, 3.8) is 0 Å². The first kappa shape index (κ1) is 13.6. The first-order valence-electron chi connectivity index (χ1n) is 5.80. The molecule has 0 aliphatic rings. The van der Waals surface area contributed by atoms with Crippen LogP contribution in [0.25, 0.3) is 0 Å². The standard InChI is InChI=1S/C15H15BrClN/c1-10-5-3-4-6-14(10)15(18-2)11-7-12(16)9-13(17)8-11/h3-9,15,18H,1-2H3. The molecule has 2 aromatic rings. The Bertz CT molecular complexity index is 534. The van der Waals surface area contributed by atoms with E-state index in [9.17, 15) is 0 Å². The quantitative estimate of drug-likeness (QED) is 0.861. The lowest BCUT2D eigenvalue weighted by Crippen LogP contribution is -2.18. The average Bonchev–Trinajstić information content (AvgIpc) is 2.31. The fourth-order valence-corrected chi connectivity index (χ4v) is 3.04. The Balaban J connectivity index is 2.48. The van der Waals surface area contributed by atoms with Crippen molar-refractivity contribution in [2.45, 2.75) is 13.0 Å². The van der Waals surface area contributed by atoms with Crippen LogP contribution in [0.3, 0.4) is 0 Å². The summed E-state index contributed by atoms with van der Waals surface area (Å²) in [5.74, 6) is 0. The van der Waals surface area contributed by atoms with Crippen molar-refractivity contribution in [3.8, 4) is 0 Å². The van der Waals surface area contributed by atoms with Crippen molar-refractivity contribution in [2.75, 3.05) is 7.05 Å². The zero-order valence-electron chi connectivity index (χ0n) is 10.4. The highest BCUT2D eigenvalue weighted by molar-refractivity contribution is 9.10. The van der Waals surface area contributed by atoms with Gasteiger partial charge in [0.1, 0.15) is 0 Å². The molecule has 1 atom stereocenters. The number of hydrogen-bond acceptors (Lipinski definition) is 1. The van der Waals surface area contributed by atoms with Gasteiger partial charge in [0.25, 0.3) is 0 Å². The van der Waals surface area contributed by atoms with Crippen molar-refractivity contribution in [1.82, 2.24) is 5.32 Å². The zero-order valence-corrected chi connectivity index (χ0v) is 12.7. The Hall–Kier alpha value is -0.830. The molecule has 0 spiro atoms. The molecule has 0 radical (unpaired) electrons. The van der Waals surface area contributed by atoms with Crippen molar-refractivity contribution >= 4 is 27.5 Å². The first-order valence-corrected chi connectivity index (χ1v) is 6.97. The third kappa shape index (κ3) is 2.94. The summed E-state index contributed by atoms with van der Waals surface area (Å²) >= 11 is 9.61.